The number of nitrogens with one attached hydrogen (secondary N) is 1. The van der Waals surface area contributed by atoms with Crippen molar-refractivity contribution in [2.24, 2.45) is 0 Å². The SMILES string of the molecule is CC(C)c1nc(Cc2ccc(Cl)cc2)nc2c1CCNC2. The lowest BCUT2D eigenvalue weighted by Gasteiger charge is -2.21. The first-order valence-corrected chi connectivity index (χ1v) is 7.85. The number of rotatable bonds is 3. The van der Waals surface area contributed by atoms with E-state index in [-0.39, 0.29) is 0 Å². The molecule has 110 valence electrons. The van der Waals surface area contributed by atoms with Gasteiger partial charge >= 0.3 is 0 Å². The maximum atomic E-state index is 5.94. The van der Waals surface area contributed by atoms with Crippen LogP contribution in [0, 0.1) is 0 Å². The summed E-state index contributed by atoms with van der Waals surface area (Å²) in [5.41, 5.74) is 4.93. The molecule has 3 nitrogen and oxygen atoms in total. The molecule has 1 aromatic carbocycles. The van der Waals surface area contributed by atoms with Gasteiger partial charge in [0, 0.05) is 18.0 Å². The Morgan fingerprint density at radius 3 is 2.67 bits per heavy atom. The minimum atomic E-state index is 0.434. The topological polar surface area (TPSA) is 37.8 Å². The fourth-order valence-corrected chi connectivity index (χ4v) is 2.91. The summed E-state index contributed by atoms with van der Waals surface area (Å²) in [6.45, 7) is 6.28. The summed E-state index contributed by atoms with van der Waals surface area (Å²) in [5.74, 6) is 1.34. The van der Waals surface area contributed by atoms with Crippen molar-refractivity contribution >= 4 is 11.6 Å². The van der Waals surface area contributed by atoms with E-state index in [4.69, 9.17) is 21.6 Å². The lowest BCUT2D eigenvalue weighted by Crippen LogP contribution is -2.27. The normalized spacial score (nSPS) is 14.3. The fourth-order valence-electron chi connectivity index (χ4n) is 2.78. The molecule has 2 aromatic rings. The first-order valence-electron chi connectivity index (χ1n) is 7.47. The quantitative estimate of drug-likeness (QED) is 0.943. The molecule has 3 rings (SSSR count). The van der Waals surface area contributed by atoms with Gasteiger partial charge in [0.1, 0.15) is 5.82 Å². The van der Waals surface area contributed by atoms with Crippen molar-refractivity contribution < 1.29 is 0 Å². The van der Waals surface area contributed by atoms with Gasteiger partial charge in [-0.1, -0.05) is 37.6 Å². The van der Waals surface area contributed by atoms with Crippen LogP contribution < -0.4 is 5.32 Å². The zero-order chi connectivity index (χ0) is 14.8. The molecule has 4 heteroatoms. The monoisotopic (exact) mass is 301 g/mol. The van der Waals surface area contributed by atoms with E-state index >= 15 is 0 Å². The second-order valence-electron chi connectivity index (χ2n) is 5.84. The second kappa shape index (κ2) is 6.12. The van der Waals surface area contributed by atoms with Gasteiger partial charge in [-0.25, -0.2) is 9.97 Å². The first kappa shape index (κ1) is 14.5. The van der Waals surface area contributed by atoms with E-state index in [1.54, 1.807) is 0 Å². The molecule has 0 fully saturated rings. The van der Waals surface area contributed by atoms with Crippen molar-refractivity contribution in [3.05, 3.63) is 57.6 Å². The largest absolute Gasteiger partial charge is 0.311 e. The van der Waals surface area contributed by atoms with Crippen molar-refractivity contribution in [2.75, 3.05) is 6.54 Å². The number of hydrogen-bond donors (Lipinski definition) is 1. The molecule has 0 aliphatic carbocycles. The molecule has 1 aromatic heterocycles. The van der Waals surface area contributed by atoms with Crippen LogP contribution in [0.4, 0.5) is 0 Å². The highest BCUT2D eigenvalue weighted by atomic mass is 35.5. The number of benzene rings is 1. The number of aromatic nitrogens is 2. The van der Waals surface area contributed by atoms with E-state index in [9.17, 15) is 0 Å². The molecule has 21 heavy (non-hydrogen) atoms. The molecule has 0 atom stereocenters. The Balaban J connectivity index is 1.95. The van der Waals surface area contributed by atoms with Gasteiger partial charge in [0.05, 0.1) is 11.4 Å². The molecule has 2 heterocycles. The van der Waals surface area contributed by atoms with Crippen LogP contribution >= 0.6 is 11.6 Å². The Morgan fingerprint density at radius 2 is 1.95 bits per heavy atom. The first-order chi connectivity index (χ1) is 10.1. The molecule has 1 aliphatic heterocycles. The van der Waals surface area contributed by atoms with E-state index in [2.05, 4.69) is 19.2 Å². The van der Waals surface area contributed by atoms with Crippen molar-refractivity contribution in [1.29, 1.82) is 0 Å². The maximum Gasteiger partial charge on any atom is 0.133 e. The molecule has 1 aliphatic rings. The van der Waals surface area contributed by atoms with Gasteiger partial charge in [0.2, 0.25) is 0 Å². The minimum absolute atomic E-state index is 0.434. The number of hydrogen-bond acceptors (Lipinski definition) is 3. The Labute approximate surface area is 130 Å². The van der Waals surface area contributed by atoms with E-state index in [0.717, 1.165) is 36.8 Å². The third kappa shape index (κ3) is 3.25. The summed E-state index contributed by atoms with van der Waals surface area (Å²) in [6, 6.07) is 7.91. The molecular formula is C17H20ClN3. The smallest absolute Gasteiger partial charge is 0.133 e. The fraction of sp³-hybridized carbons (Fsp3) is 0.412. The number of halogens is 1. The summed E-state index contributed by atoms with van der Waals surface area (Å²) in [5, 5.41) is 4.16. The third-order valence-corrected chi connectivity index (χ3v) is 4.09. The molecule has 0 amide bonds. The van der Waals surface area contributed by atoms with Crippen molar-refractivity contribution in [2.45, 2.75) is 39.2 Å². The average molecular weight is 302 g/mol. The molecule has 1 N–H and O–H groups in total. The maximum absolute atomic E-state index is 5.94. The van der Waals surface area contributed by atoms with Crippen LogP contribution in [0.2, 0.25) is 5.02 Å². The molecular weight excluding hydrogens is 282 g/mol. The van der Waals surface area contributed by atoms with Crippen LogP contribution in [0.1, 0.15) is 48.1 Å². The van der Waals surface area contributed by atoms with E-state index in [0.29, 0.717) is 5.92 Å². The summed E-state index contributed by atoms with van der Waals surface area (Å²) in [4.78, 5) is 9.60. The van der Waals surface area contributed by atoms with Crippen LogP contribution in [-0.2, 0) is 19.4 Å². The van der Waals surface area contributed by atoms with Crippen molar-refractivity contribution in [1.82, 2.24) is 15.3 Å². The predicted molar refractivity (Wildman–Crippen MR) is 85.8 cm³/mol. The van der Waals surface area contributed by atoms with Gasteiger partial charge < -0.3 is 5.32 Å². The highest BCUT2D eigenvalue weighted by Crippen LogP contribution is 2.23. The van der Waals surface area contributed by atoms with E-state index in [1.165, 1.54) is 22.5 Å². The standard InChI is InChI=1S/C17H20ClN3/c1-11(2)17-14-7-8-19-10-15(14)20-16(21-17)9-12-3-5-13(18)6-4-12/h3-6,11,19H,7-10H2,1-2H3. The predicted octanol–water partition coefficient (Wildman–Crippen LogP) is 3.49. The average Bonchev–Trinajstić information content (AvgIpc) is 2.48. The second-order valence-corrected chi connectivity index (χ2v) is 6.27. The zero-order valence-corrected chi connectivity index (χ0v) is 13.2. The van der Waals surface area contributed by atoms with Crippen LogP contribution in [0.3, 0.4) is 0 Å². The Kier molecular flexibility index (Phi) is 4.22. The summed E-state index contributed by atoms with van der Waals surface area (Å²) in [6.07, 6.45) is 1.79. The summed E-state index contributed by atoms with van der Waals surface area (Å²) < 4.78 is 0. The Morgan fingerprint density at radius 1 is 1.19 bits per heavy atom. The number of fused-ring (bicyclic) bond motifs is 1. The lowest BCUT2D eigenvalue weighted by molar-refractivity contribution is 0.601. The number of nitrogens with zero attached hydrogens (tertiary/aromatic N) is 2. The molecule has 0 spiro atoms. The third-order valence-electron chi connectivity index (χ3n) is 3.84. The summed E-state index contributed by atoms with van der Waals surface area (Å²) in [7, 11) is 0. The van der Waals surface area contributed by atoms with E-state index < -0.39 is 0 Å². The molecule has 0 bridgehead atoms. The van der Waals surface area contributed by atoms with Gasteiger partial charge in [-0.15, -0.1) is 0 Å². The van der Waals surface area contributed by atoms with Gasteiger partial charge in [-0.3, -0.25) is 0 Å². The summed E-state index contributed by atoms with van der Waals surface area (Å²) >= 11 is 5.94. The van der Waals surface area contributed by atoms with Crippen LogP contribution in [0.5, 0.6) is 0 Å². The van der Waals surface area contributed by atoms with Gasteiger partial charge in [-0.2, -0.15) is 0 Å². The highest BCUT2D eigenvalue weighted by molar-refractivity contribution is 6.30. The van der Waals surface area contributed by atoms with Crippen LogP contribution in [0.25, 0.3) is 0 Å². The molecule has 0 saturated heterocycles. The van der Waals surface area contributed by atoms with Crippen LogP contribution in [0.15, 0.2) is 24.3 Å². The lowest BCUT2D eigenvalue weighted by atomic mass is 9.97. The van der Waals surface area contributed by atoms with Crippen LogP contribution in [-0.4, -0.2) is 16.5 Å². The van der Waals surface area contributed by atoms with Gasteiger partial charge in [-0.05, 0) is 42.1 Å². The zero-order valence-electron chi connectivity index (χ0n) is 12.5. The molecule has 0 unspecified atom stereocenters. The van der Waals surface area contributed by atoms with Crippen molar-refractivity contribution in [3.63, 3.8) is 0 Å². The minimum Gasteiger partial charge on any atom is -0.311 e. The molecule has 0 radical (unpaired) electrons. The van der Waals surface area contributed by atoms with Gasteiger partial charge in [0.15, 0.2) is 0 Å². The van der Waals surface area contributed by atoms with Crippen molar-refractivity contribution in [3.8, 4) is 0 Å². The van der Waals surface area contributed by atoms with E-state index in [1.807, 2.05) is 24.3 Å². The Bertz CT molecular complexity index is 635. The molecule has 0 saturated carbocycles. The highest BCUT2D eigenvalue weighted by Gasteiger charge is 2.19. The van der Waals surface area contributed by atoms with Gasteiger partial charge in [0.25, 0.3) is 0 Å². The Hall–Kier alpha value is -1.45.